The number of methoxy groups -OCH3 is 1. The van der Waals surface area contributed by atoms with Gasteiger partial charge in [-0.1, -0.05) is 6.92 Å². The standard InChI is InChI=1S/C14H20FNO2/c1-3-16-8-6-14(17,7-9-16)12-5-4-11(18-2)10-13(12)15/h4-5,10,17H,3,6-9H2,1-2H3. The summed E-state index contributed by atoms with van der Waals surface area (Å²) in [6.07, 6.45) is 1.15. The molecule has 1 saturated heterocycles. The van der Waals surface area contributed by atoms with Crippen LogP contribution in [-0.2, 0) is 5.60 Å². The van der Waals surface area contributed by atoms with E-state index in [1.807, 2.05) is 0 Å². The summed E-state index contributed by atoms with van der Waals surface area (Å²) in [7, 11) is 1.50. The maximum absolute atomic E-state index is 14.0. The summed E-state index contributed by atoms with van der Waals surface area (Å²) in [6.45, 7) is 4.68. The van der Waals surface area contributed by atoms with E-state index in [0.29, 0.717) is 24.2 Å². The molecule has 0 amide bonds. The lowest BCUT2D eigenvalue weighted by Gasteiger charge is -2.38. The molecule has 0 saturated carbocycles. The minimum Gasteiger partial charge on any atom is -0.497 e. The number of rotatable bonds is 3. The maximum atomic E-state index is 14.0. The van der Waals surface area contributed by atoms with Crippen molar-refractivity contribution in [1.82, 2.24) is 4.90 Å². The van der Waals surface area contributed by atoms with Crippen molar-refractivity contribution in [2.75, 3.05) is 26.7 Å². The molecule has 1 aromatic rings. The Balaban J connectivity index is 2.20. The van der Waals surface area contributed by atoms with Crippen molar-refractivity contribution in [1.29, 1.82) is 0 Å². The van der Waals surface area contributed by atoms with Gasteiger partial charge in [0, 0.05) is 24.7 Å². The molecule has 0 radical (unpaired) electrons. The van der Waals surface area contributed by atoms with Crippen LogP contribution in [0.4, 0.5) is 4.39 Å². The quantitative estimate of drug-likeness (QED) is 0.895. The average Bonchev–Trinajstić information content (AvgIpc) is 2.39. The Morgan fingerprint density at radius 2 is 2.06 bits per heavy atom. The molecule has 0 aliphatic carbocycles. The van der Waals surface area contributed by atoms with E-state index in [9.17, 15) is 9.50 Å². The van der Waals surface area contributed by atoms with E-state index in [4.69, 9.17) is 4.74 Å². The normalized spacial score (nSPS) is 19.8. The van der Waals surface area contributed by atoms with Gasteiger partial charge in [0.25, 0.3) is 0 Å². The van der Waals surface area contributed by atoms with Crippen LogP contribution in [0.15, 0.2) is 18.2 Å². The van der Waals surface area contributed by atoms with E-state index >= 15 is 0 Å². The van der Waals surface area contributed by atoms with Crippen molar-refractivity contribution in [3.05, 3.63) is 29.6 Å². The predicted octanol–water partition coefficient (Wildman–Crippen LogP) is 2.14. The molecular weight excluding hydrogens is 233 g/mol. The third kappa shape index (κ3) is 2.49. The molecule has 2 rings (SSSR count). The molecule has 3 nitrogen and oxygen atoms in total. The van der Waals surface area contributed by atoms with Gasteiger partial charge < -0.3 is 14.7 Å². The number of hydrogen-bond donors (Lipinski definition) is 1. The molecular formula is C14H20FNO2. The number of aliphatic hydroxyl groups is 1. The highest BCUT2D eigenvalue weighted by Gasteiger charge is 2.35. The van der Waals surface area contributed by atoms with Gasteiger partial charge in [-0.25, -0.2) is 4.39 Å². The van der Waals surface area contributed by atoms with Gasteiger partial charge in [0.2, 0.25) is 0 Å². The first-order valence-electron chi connectivity index (χ1n) is 6.38. The lowest BCUT2D eigenvalue weighted by Crippen LogP contribution is -2.42. The fourth-order valence-corrected chi connectivity index (χ4v) is 2.51. The highest BCUT2D eigenvalue weighted by Crippen LogP contribution is 2.35. The smallest absolute Gasteiger partial charge is 0.132 e. The molecule has 1 aliphatic heterocycles. The lowest BCUT2D eigenvalue weighted by molar-refractivity contribution is -0.0273. The molecule has 100 valence electrons. The average molecular weight is 253 g/mol. The van der Waals surface area contributed by atoms with E-state index < -0.39 is 5.60 Å². The molecule has 1 aliphatic rings. The van der Waals surface area contributed by atoms with Gasteiger partial charge in [0.05, 0.1) is 12.7 Å². The second-order valence-corrected chi connectivity index (χ2v) is 4.81. The molecule has 0 bridgehead atoms. The van der Waals surface area contributed by atoms with Gasteiger partial charge in [-0.3, -0.25) is 0 Å². The second kappa shape index (κ2) is 5.24. The summed E-state index contributed by atoms with van der Waals surface area (Å²) in [4.78, 5) is 2.26. The Hall–Kier alpha value is -1.13. The first kappa shape index (κ1) is 13.3. The number of likely N-dealkylation sites (tertiary alicyclic amines) is 1. The first-order valence-corrected chi connectivity index (χ1v) is 6.38. The van der Waals surface area contributed by atoms with Crippen molar-refractivity contribution in [2.24, 2.45) is 0 Å². The topological polar surface area (TPSA) is 32.7 Å². The van der Waals surface area contributed by atoms with Gasteiger partial charge >= 0.3 is 0 Å². The van der Waals surface area contributed by atoms with Gasteiger partial charge in [-0.2, -0.15) is 0 Å². The highest BCUT2D eigenvalue weighted by molar-refractivity contribution is 5.32. The third-order valence-corrected chi connectivity index (χ3v) is 3.81. The van der Waals surface area contributed by atoms with Crippen molar-refractivity contribution in [3.63, 3.8) is 0 Å². The van der Waals surface area contributed by atoms with Crippen molar-refractivity contribution in [3.8, 4) is 5.75 Å². The van der Waals surface area contributed by atoms with Crippen LogP contribution in [-0.4, -0.2) is 36.8 Å². The van der Waals surface area contributed by atoms with Gasteiger partial charge in [-0.15, -0.1) is 0 Å². The number of benzene rings is 1. The summed E-state index contributed by atoms with van der Waals surface area (Å²) < 4.78 is 19.0. The Labute approximate surface area is 107 Å². The predicted molar refractivity (Wildman–Crippen MR) is 68.2 cm³/mol. The zero-order valence-corrected chi connectivity index (χ0v) is 10.9. The van der Waals surface area contributed by atoms with Gasteiger partial charge in [0.15, 0.2) is 0 Å². The SMILES string of the molecule is CCN1CCC(O)(c2ccc(OC)cc2F)CC1. The second-order valence-electron chi connectivity index (χ2n) is 4.81. The van der Waals surface area contributed by atoms with Crippen LogP contribution in [0.2, 0.25) is 0 Å². The molecule has 0 spiro atoms. The van der Waals surface area contributed by atoms with Gasteiger partial charge in [0.1, 0.15) is 11.6 Å². The molecule has 4 heteroatoms. The Bertz CT molecular complexity index is 414. The molecule has 1 fully saturated rings. The van der Waals surface area contributed by atoms with Crippen LogP contribution < -0.4 is 4.74 Å². The van der Waals surface area contributed by atoms with Crippen LogP contribution >= 0.6 is 0 Å². The molecule has 1 aromatic carbocycles. The van der Waals surface area contributed by atoms with E-state index in [2.05, 4.69) is 11.8 Å². The van der Waals surface area contributed by atoms with Crippen LogP contribution in [0.1, 0.15) is 25.3 Å². The number of piperidine rings is 1. The largest absolute Gasteiger partial charge is 0.497 e. The Kier molecular flexibility index (Phi) is 3.88. The number of halogens is 1. The van der Waals surface area contributed by atoms with E-state index in [0.717, 1.165) is 19.6 Å². The molecule has 18 heavy (non-hydrogen) atoms. The summed E-state index contributed by atoms with van der Waals surface area (Å²) in [5.41, 5.74) is -0.652. The van der Waals surface area contributed by atoms with Crippen LogP contribution in [0.5, 0.6) is 5.75 Å². The van der Waals surface area contributed by atoms with Crippen LogP contribution in [0.25, 0.3) is 0 Å². The summed E-state index contributed by atoms with van der Waals surface area (Å²) >= 11 is 0. The fourth-order valence-electron chi connectivity index (χ4n) is 2.51. The van der Waals surface area contributed by atoms with Crippen LogP contribution in [0, 0.1) is 5.82 Å². The highest BCUT2D eigenvalue weighted by atomic mass is 19.1. The number of nitrogens with zero attached hydrogens (tertiary/aromatic N) is 1. The third-order valence-electron chi connectivity index (χ3n) is 3.81. The first-order chi connectivity index (χ1) is 8.59. The Morgan fingerprint density at radius 1 is 1.39 bits per heavy atom. The summed E-state index contributed by atoms with van der Waals surface area (Å²) in [5, 5.41) is 10.6. The molecule has 0 atom stereocenters. The fraction of sp³-hybridized carbons (Fsp3) is 0.571. The summed E-state index contributed by atoms with van der Waals surface area (Å²) in [6, 6.07) is 4.66. The minimum atomic E-state index is -1.04. The maximum Gasteiger partial charge on any atom is 0.132 e. The number of ether oxygens (including phenoxy) is 1. The van der Waals surface area contributed by atoms with E-state index in [-0.39, 0.29) is 5.82 Å². The molecule has 0 unspecified atom stereocenters. The van der Waals surface area contributed by atoms with Crippen molar-refractivity contribution >= 4 is 0 Å². The lowest BCUT2D eigenvalue weighted by atomic mass is 9.84. The van der Waals surface area contributed by atoms with Crippen molar-refractivity contribution < 1.29 is 14.2 Å². The zero-order chi connectivity index (χ0) is 13.2. The monoisotopic (exact) mass is 253 g/mol. The number of hydrogen-bond acceptors (Lipinski definition) is 3. The molecule has 0 aromatic heterocycles. The summed E-state index contributed by atoms with van der Waals surface area (Å²) in [5.74, 6) is 0.0904. The van der Waals surface area contributed by atoms with E-state index in [1.54, 1.807) is 12.1 Å². The minimum absolute atomic E-state index is 0.387. The van der Waals surface area contributed by atoms with E-state index in [1.165, 1.54) is 13.2 Å². The zero-order valence-electron chi connectivity index (χ0n) is 10.9. The van der Waals surface area contributed by atoms with Crippen LogP contribution in [0.3, 0.4) is 0 Å². The molecule has 1 N–H and O–H groups in total. The molecule has 1 heterocycles. The van der Waals surface area contributed by atoms with Crippen molar-refractivity contribution in [2.45, 2.75) is 25.4 Å². The van der Waals surface area contributed by atoms with Gasteiger partial charge in [-0.05, 0) is 31.5 Å². The Morgan fingerprint density at radius 3 is 2.56 bits per heavy atom.